The maximum absolute atomic E-state index is 13.4. The van der Waals surface area contributed by atoms with Crippen LogP contribution >= 0.6 is 0 Å². The first-order valence-corrected chi connectivity index (χ1v) is 17.8. The molecule has 3 atom stereocenters. The second kappa shape index (κ2) is 14.1. The predicted octanol–water partition coefficient (Wildman–Crippen LogP) is 6.83. The van der Waals surface area contributed by atoms with Crippen LogP contribution in [0.2, 0.25) is 0 Å². The van der Waals surface area contributed by atoms with Gasteiger partial charge in [-0.05, 0) is 104 Å². The van der Waals surface area contributed by atoms with Gasteiger partial charge in [-0.25, -0.2) is 4.21 Å². The molecule has 0 N–H and O–H groups in total. The van der Waals surface area contributed by atoms with Gasteiger partial charge in [0.05, 0.1) is 40.4 Å². The molecule has 4 aromatic rings. The third-order valence-corrected chi connectivity index (χ3v) is 11.3. The average Bonchev–Trinajstić information content (AvgIpc) is 3.13. The molecule has 6 bridgehead atoms. The van der Waals surface area contributed by atoms with Crippen LogP contribution in [-0.2, 0) is 40.9 Å². The number of nitrogens with zero attached hydrogens (tertiary/aromatic N) is 2. The van der Waals surface area contributed by atoms with E-state index in [1.54, 1.807) is 34.5 Å². The molecule has 4 aliphatic heterocycles. The van der Waals surface area contributed by atoms with Gasteiger partial charge in [0.15, 0.2) is 45.6 Å². The minimum atomic E-state index is -1.75. The molecule has 4 heterocycles. The molecule has 0 aliphatic carbocycles. The zero-order chi connectivity index (χ0) is 35.1. The van der Waals surface area contributed by atoms with Crippen LogP contribution in [0.15, 0.2) is 59.5 Å². The molecule has 4 aliphatic rings. The molecule has 0 aromatic heterocycles. The SMILES string of the molecule is COc1cc(S(=O)OC)c2cc1Oc1ccc(cc1)C[C@H]1c3cc(c(OC)cc3CCN1C)Oc1c(OC)c(OC)cc3c1[C@H](C2)N(C)CC3. The van der Waals surface area contributed by atoms with Crippen molar-refractivity contribution < 1.29 is 36.8 Å². The van der Waals surface area contributed by atoms with Crippen LogP contribution < -0.4 is 28.4 Å². The second-order valence-electron chi connectivity index (χ2n) is 13.0. The van der Waals surface area contributed by atoms with E-state index >= 15 is 0 Å². The zero-order valence-electron chi connectivity index (χ0n) is 29.7. The first kappa shape index (κ1) is 34.2. The highest BCUT2D eigenvalue weighted by molar-refractivity contribution is 7.80. The molecule has 0 fully saturated rings. The Bertz CT molecular complexity index is 1930. The largest absolute Gasteiger partial charge is 0.493 e. The summed E-state index contributed by atoms with van der Waals surface area (Å²) in [4.78, 5) is 5.20. The Morgan fingerprint density at radius 2 is 1.32 bits per heavy atom. The second-order valence-corrected chi connectivity index (χ2v) is 14.2. The topological polar surface area (TPSA) is 88.2 Å². The van der Waals surface area contributed by atoms with Gasteiger partial charge in [0, 0.05) is 36.8 Å². The summed E-state index contributed by atoms with van der Waals surface area (Å²) in [5.41, 5.74) is 6.47. The number of methoxy groups -OCH3 is 4. The number of likely N-dealkylation sites (N-methyl/N-ethyl adjacent to an activating group) is 2. The number of hydrogen-bond acceptors (Lipinski definition) is 10. The molecule has 0 saturated carbocycles. The van der Waals surface area contributed by atoms with Crippen molar-refractivity contribution in [2.24, 2.45) is 0 Å². The molecule has 11 heteroatoms. The van der Waals surface area contributed by atoms with Gasteiger partial charge in [-0.15, -0.1) is 0 Å². The first-order valence-electron chi connectivity index (χ1n) is 16.8. The molecule has 0 saturated heterocycles. The maximum atomic E-state index is 13.4. The quantitative estimate of drug-likeness (QED) is 0.213. The smallest absolute Gasteiger partial charge is 0.204 e. The first-order chi connectivity index (χ1) is 24.3. The van der Waals surface area contributed by atoms with Gasteiger partial charge < -0.3 is 28.4 Å². The summed E-state index contributed by atoms with van der Waals surface area (Å²) in [6.07, 6.45) is 2.94. The highest BCUT2D eigenvalue weighted by atomic mass is 32.2. The Hall–Kier alpha value is -4.29. The fourth-order valence-electron chi connectivity index (χ4n) is 7.56. The standard InChI is InChI=1S/C39H44N2O8S/c1-40-14-12-24-18-31(43-3)34-21-28(24)29(40)16-23-8-10-27(11-9-23)48-33-20-26(36(50(42)47-7)22-32(33)44-4)17-30-37-25(13-15-41(30)2)19-35(45-5)38(46-6)39(37)49-34/h8-11,18-22,29-30H,12-17H2,1-7H3/t29-,30-,50?/m0/s1. The van der Waals surface area contributed by atoms with Crippen LogP contribution in [0, 0.1) is 0 Å². The molecule has 1 unspecified atom stereocenters. The Labute approximate surface area is 296 Å². The lowest BCUT2D eigenvalue weighted by atomic mass is 9.87. The van der Waals surface area contributed by atoms with Crippen LogP contribution in [0.25, 0.3) is 0 Å². The normalized spacial score (nSPS) is 19.3. The van der Waals surface area contributed by atoms with Crippen molar-refractivity contribution in [1.82, 2.24) is 9.80 Å². The van der Waals surface area contributed by atoms with Crippen molar-refractivity contribution >= 4 is 11.1 Å². The van der Waals surface area contributed by atoms with Crippen LogP contribution in [0.1, 0.15) is 45.5 Å². The molecule has 50 heavy (non-hydrogen) atoms. The van der Waals surface area contributed by atoms with Crippen molar-refractivity contribution in [3.05, 3.63) is 88.0 Å². The fourth-order valence-corrected chi connectivity index (χ4v) is 8.30. The molecule has 0 amide bonds. The number of benzene rings is 4. The van der Waals surface area contributed by atoms with Crippen LogP contribution in [0.5, 0.6) is 46.0 Å². The van der Waals surface area contributed by atoms with Crippen LogP contribution in [0.3, 0.4) is 0 Å². The van der Waals surface area contributed by atoms with Gasteiger partial charge >= 0.3 is 0 Å². The van der Waals surface area contributed by atoms with Crippen LogP contribution in [-0.4, -0.2) is 76.7 Å². The highest BCUT2D eigenvalue weighted by Crippen LogP contribution is 2.52. The third-order valence-electron chi connectivity index (χ3n) is 10.3. The van der Waals surface area contributed by atoms with E-state index in [2.05, 4.69) is 48.2 Å². The summed E-state index contributed by atoms with van der Waals surface area (Å²) in [5, 5.41) is 0. The monoisotopic (exact) mass is 700 g/mol. The van der Waals surface area contributed by atoms with Gasteiger partial charge in [-0.1, -0.05) is 12.1 Å². The lowest BCUT2D eigenvalue weighted by Gasteiger charge is -2.37. The number of ether oxygens (including phenoxy) is 6. The fraction of sp³-hybridized carbons (Fsp3) is 0.385. The Morgan fingerprint density at radius 1 is 0.680 bits per heavy atom. The number of rotatable bonds is 6. The average molecular weight is 701 g/mol. The molecular formula is C39H44N2O8S. The van der Waals surface area contributed by atoms with Crippen LogP contribution in [0.4, 0.5) is 0 Å². The lowest BCUT2D eigenvalue weighted by molar-refractivity contribution is 0.219. The highest BCUT2D eigenvalue weighted by Gasteiger charge is 2.35. The van der Waals surface area contributed by atoms with Crippen molar-refractivity contribution in [3.63, 3.8) is 0 Å². The van der Waals surface area contributed by atoms with E-state index in [1.165, 1.54) is 23.8 Å². The summed E-state index contributed by atoms with van der Waals surface area (Å²) in [6, 6.07) is 18.1. The van der Waals surface area contributed by atoms with Gasteiger partial charge in [0.25, 0.3) is 0 Å². The summed E-state index contributed by atoms with van der Waals surface area (Å²) in [7, 11) is 12.2. The molecule has 0 radical (unpaired) electrons. The summed E-state index contributed by atoms with van der Waals surface area (Å²) >= 11 is -1.75. The molecule has 8 rings (SSSR count). The van der Waals surface area contributed by atoms with E-state index in [4.69, 9.17) is 32.6 Å². The van der Waals surface area contributed by atoms with Gasteiger partial charge in [0.2, 0.25) is 5.75 Å². The van der Waals surface area contributed by atoms with Crippen molar-refractivity contribution in [2.45, 2.75) is 42.7 Å². The Morgan fingerprint density at radius 3 is 2.00 bits per heavy atom. The molecule has 10 nitrogen and oxygen atoms in total. The van der Waals surface area contributed by atoms with E-state index in [9.17, 15) is 4.21 Å². The predicted molar refractivity (Wildman–Crippen MR) is 191 cm³/mol. The summed E-state index contributed by atoms with van der Waals surface area (Å²) < 4.78 is 56.0. The third kappa shape index (κ3) is 6.17. The lowest BCUT2D eigenvalue weighted by Crippen LogP contribution is -2.34. The van der Waals surface area contributed by atoms with Gasteiger partial charge in [-0.3, -0.25) is 14.0 Å². The Balaban J connectivity index is 1.50. The van der Waals surface area contributed by atoms with E-state index in [-0.39, 0.29) is 12.1 Å². The zero-order valence-corrected chi connectivity index (χ0v) is 30.5. The summed E-state index contributed by atoms with van der Waals surface area (Å²) in [5.74, 6) is 4.56. The number of hydrogen-bond donors (Lipinski definition) is 0. The van der Waals surface area contributed by atoms with Crippen molar-refractivity contribution in [2.75, 3.05) is 62.7 Å². The molecule has 0 spiro atoms. The minimum absolute atomic E-state index is 0.120. The van der Waals surface area contributed by atoms with E-state index < -0.39 is 11.1 Å². The van der Waals surface area contributed by atoms with Gasteiger partial charge in [0.1, 0.15) is 5.75 Å². The van der Waals surface area contributed by atoms with Crippen molar-refractivity contribution in [3.8, 4) is 46.0 Å². The van der Waals surface area contributed by atoms with E-state index in [0.29, 0.717) is 57.3 Å². The van der Waals surface area contributed by atoms with Gasteiger partial charge in [-0.2, -0.15) is 0 Å². The molecular weight excluding hydrogens is 657 g/mol. The summed E-state index contributed by atoms with van der Waals surface area (Å²) in [6.45, 7) is 1.72. The van der Waals surface area contributed by atoms with E-state index in [1.807, 2.05) is 24.3 Å². The molecule has 264 valence electrons. The Kier molecular flexibility index (Phi) is 9.67. The molecule has 4 aromatic carbocycles. The maximum Gasteiger partial charge on any atom is 0.204 e. The van der Waals surface area contributed by atoms with E-state index in [0.717, 1.165) is 49.0 Å². The minimum Gasteiger partial charge on any atom is -0.493 e. The number of fused-ring (bicyclic) bond motifs is 2. The van der Waals surface area contributed by atoms with Crippen molar-refractivity contribution in [1.29, 1.82) is 0 Å².